The Morgan fingerprint density at radius 1 is 1.41 bits per heavy atom. The zero-order valence-corrected chi connectivity index (χ0v) is 9.60. The normalized spacial score (nSPS) is 21.4. The van der Waals surface area contributed by atoms with Crippen LogP contribution >= 0.6 is 0 Å². The molecule has 2 rings (SSSR count). The molecule has 0 amide bonds. The summed E-state index contributed by atoms with van der Waals surface area (Å²) in [5.41, 5.74) is 1.63. The van der Waals surface area contributed by atoms with E-state index in [4.69, 9.17) is 5.11 Å². The molecule has 1 fully saturated rings. The minimum atomic E-state index is -0.835. The molecule has 92 valence electrons. The SMILES string of the molecule is O=C(O)Cc1ccc(C(O)C2CCNC2)cc1. The molecule has 1 aliphatic rings. The maximum atomic E-state index is 10.5. The smallest absolute Gasteiger partial charge is 0.307 e. The predicted molar refractivity (Wildman–Crippen MR) is 63.7 cm³/mol. The molecule has 0 spiro atoms. The fraction of sp³-hybridized carbons (Fsp3) is 0.462. The summed E-state index contributed by atoms with van der Waals surface area (Å²) in [7, 11) is 0. The van der Waals surface area contributed by atoms with Gasteiger partial charge < -0.3 is 15.5 Å². The number of aliphatic hydroxyl groups excluding tert-OH is 1. The number of rotatable bonds is 4. The summed E-state index contributed by atoms with van der Waals surface area (Å²) in [5, 5.41) is 22.0. The topological polar surface area (TPSA) is 69.6 Å². The van der Waals surface area contributed by atoms with Crippen molar-refractivity contribution in [3.63, 3.8) is 0 Å². The van der Waals surface area contributed by atoms with Gasteiger partial charge in [-0.3, -0.25) is 4.79 Å². The van der Waals surface area contributed by atoms with E-state index in [-0.39, 0.29) is 12.3 Å². The van der Waals surface area contributed by atoms with E-state index >= 15 is 0 Å². The quantitative estimate of drug-likeness (QED) is 0.727. The number of aliphatic carboxylic acids is 1. The van der Waals surface area contributed by atoms with E-state index in [1.54, 1.807) is 12.1 Å². The number of nitrogens with one attached hydrogen (secondary N) is 1. The van der Waals surface area contributed by atoms with E-state index in [0.717, 1.165) is 30.6 Å². The molecular weight excluding hydrogens is 218 g/mol. The Morgan fingerprint density at radius 2 is 2.12 bits per heavy atom. The van der Waals surface area contributed by atoms with Crippen molar-refractivity contribution >= 4 is 5.97 Å². The minimum Gasteiger partial charge on any atom is -0.481 e. The van der Waals surface area contributed by atoms with Crippen LogP contribution in [0.1, 0.15) is 23.7 Å². The van der Waals surface area contributed by atoms with Crippen molar-refractivity contribution in [2.45, 2.75) is 18.9 Å². The summed E-state index contributed by atoms with van der Waals surface area (Å²) in [5.74, 6) is -0.571. The molecule has 0 saturated carbocycles. The molecule has 1 saturated heterocycles. The average molecular weight is 235 g/mol. The Hall–Kier alpha value is -1.39. The van der Waals surface area contributed by atoms with Crippen LogP contribution in [-0.4, -0.2) is 29.3 Å². The van der Waals surface area contributed by atoms with Gasteiger partial charge in [-0.25, -0.2) is 0 Å². The van der Waals surface area contributed by atoms with Gasteiger partial charge >= 0.3 is 5.97 Å². The second kappa shape index (κ2) is 5.29. The van der Waals surface area contributed by atoms with Gasteiger partial charge in [0.25, 0.3) is 0 Å². The lowest BCUT2D eigenvalue weighted by molar-refractivity contribution is -0.136. The standard InChI is InChI=1S/C13H17NO3/c15-12(16)7-9-1-3-10(4-2-9)13(17)11-5-6-14-8-11/h1-4,11,13-14,17H,5-8H2,(H,15,16). The van der Waals surface area contributed by atoms with E-state index in [2.05, 4.69) is 5.32 Å². The number of carboxylic acid groups (broad SMARTS) is 1. The van der Waals surface area contributed by atoms with Gasteiger partial charge in [0, 0.05) is 12.5 Å². The summed E-state index contributed by atoms with van der Waals surface area (Å²) in [4.78, 5) is 10.5. The Kier molecular flexibility index (Phi) is 3.76. The van der Waals surface area contributed by atoms with Crippen molar-refractivity contribution in [3.8, 4) is 0 Å². The second-order valence-corrected chi connectivity index (χ2v) is 4.51. The number of hydrogen-bond acceptors (Lipinski definition) is 3. The van der Waals surface area contributed by atoms with Crippen LogP contribution in [0.3, 0.4) is 0 Å². The highest BCUT2D eigenvalue weighted by molar-refractivity contribution is 5.70. The fourth-order valence-electron chi connectivity index (χ4n) is 2.23. The first-order valence-electron chi connectivity index (χ1n) is 5.86. The molecular formula is C13H17NO3. The summed E-state index contributed by atoms with van der Waals surface area (Å²) < 4.78 is 0. The van der Waals surface area contributed by atoms with Crippen LogP contribution in [0.15, 0.2) is 24.3 Å². The zero-order chi connectivity index (χ0) is 12.3. The van der Waals surface area contributed by atoms with Crippen molar-refractivity contribution in [3.05, 3.63) is 35.4 Å². The number of carbonyl (C=O) groups is 1. The van der Waals surface area contributed by atoms with E-state index in [1.165, 1.54) is 0 Å². The third-order valence-electron chi connectivity index (χ3n) is 3.22. The molecule has 2 unspecified atom stereocenters. The summed E-state index contributed by atoms with van der Waals surface area (Å²) in [6, 6.07) is 7.19. The average Bonchev–Trinajstić information content (AvgIpc) is 2.82. The fourth-order valence-corrected chi connectivity index (χ4v) is 2.23. The van der Waals surface area contributed by atoms with Crippen LogP contribution in [0, 0.1) is 5.92 Å². The number of aliphatic hydroxyl groups is 1. The van der Waals surface area contributed by atoms with Crippen LogP contribution < -0.4 is 5.32 Å². The maximum Gasteiger partial charge on any atom is 0.307 e. The first-order valence-corrected chi connectivity index (χ1v) is 5.86. The molecule has 3 N–H and O–H groups in total. The number of hydrogen-bond donors (Lipinski definition) is 3. The highest BCUT2D eigenvalue weighted by atomic mass is 16.4. The van der Waals surface area contributed by atoms with Crippen molar-refractivity contribution in [2.75, 3.05) is 13.1 Å². The Bertz CT molecular complexity index is 382. The van der Waals surface area contributed by atoms with Crippen LogP contribution in [-0.2, 0) is 11.2 Å². The first-order chi connectivity index (χ1) is 8.16. The summed E-state index contributed by atoms with van der Waals surface area (Å²) >= 11 is 0. The van der Waals surface area contributed by atoms with E-state index in [0.29, 0.717) is 0 Å². The highest BCUT2D eigenvalue weighted by Crippen LogP contribution is 2.26. The lowest BCUT2D eigenvalue weighted by atomic mass is 9.94. The van der Waals surface area contributed by atoms with Crippen molar-refractivity contribution in [2.24, 2.45) is 5.92 Å². The van der Waals surface area contributed by atoms with Gasteiger partial charge in [-0.05, 0) is 24.1 Å². The van der Waals surface area contributed by atoms with E-state index in [9.17, 15) is 9.90 Å². The molecule has 0 aliphatic carbocycles. The van der Waals surface area contributed by atoms with Crippen LogP contribution in [0.5, 0.6) is 0 Å². The summed E-state index contributed by atoms with van der Waals surface area (Å²) in [6.45, 7) is 1.80. The number of carboxylic acids is 1. The van der Waals surface area contributed by atoms with Gasteiger partial charge in [0.15, 0.2) is 0 Å². The van der Waals surface area contributed by atoms with Crippen molar-refractivity contribution < 1.29 is 15.0 Å². The molecule has 0 aromatic heterocycles. The lowest BCUT2D eigenvalue weighted by Crippen LogP contribution is -2.16. The first kappa shape index (κ1) is 12.1. The van der Waals surface area contributed by atoms with E-state index in [1.807, 2.05) is 12.1 Å². The molecule has 1 heterocycles. The van der Waals surface area contributed by atoms with Gasteiger partial charge in [0.2, 0.25) is 0 Å². The molecule has 0 bridgehead atoms. The predicted octanol–water partition coefficient (Wildman–Crippen LogP) is 0.957. The molecule has 4 nitrogen and oxygen atoms in total. The third kappa shape index (κ3) is 3.05. The largest absolute Gasteiger partial charge is 0.481 e. The van der Waals surface area contributed by atoms with E-state index < -0.39 is 12.1 Å². The zero-order valence-electron chi connectivity index (χ0n) is 9.60. The van der Waals surface area contributed by atoms with Crippen LogP contribution in [0.4, 0.5) is 0 Å². The second-order valence-electron chi connectivity index (χ2n) is 4.51. The summed E-state index contributed by atoms with van der Waals surface area (Å²) in [6.07, 6.45) is 0.559. The Morgan fingerprint density at radius 3 is 2.65 bits per heavy atom. The molecule has 4 heteroatoms. The lowest BCUT2D eigenvalue weighted by Gasteiger charge is -2.17. The van der Waals surface area contributed by atoms with Gasteiger partial charge in [0.05, 0.1) is 12.5 Å². The molecule has 1 aromatic rings. The maximum absolute atomic E-state index is 10.5. The molecule has 0 radical (unpaired) electrons. The minimum absolute atomic E-state index is 0.0291. The van der Waals surface area contributed by atoms with Gasteiger partial charge in [-0.1, -0.05) is 24.3 Å². The van der Waals surface area contributed by atoms with Crippen LogP contribution in [0.25, 0.3) is 0 Å². The van der Waals surface area contributed by atoms with Gasteiger partial charge in [-0.2, -0.15) is 0 Å². The third-order valence-corrected chi connectivity index (χ3v) is 3.22. The molecule has 1 aromatic carbocycles. The monoisotopic (exact) mass is 235 g/mol. The van der Waals surface area contributed by atoms with Crippen molar-refractivity contribution in [1.82, 2.24) is 5.32 Å². The Balaban J connectivity index is 2.03. The van der Waals surface area contributed by atoms with Gasteiger partial charge in [-0.15, -0.1) is 0 Å². The van der Waals surface area contributed by atoms with Gasteiger partial charge in [0.1, 0.15) is 0 Å². The molecule has 2 atom stereocenters. The number of benzene rings is 1. The molecule has 17 heavy (non-hydrogen) atoms. The highest BCUT2D eigenvalue weighted by Gasteiger charge is 2.23. The molecule has 1 aliphatic heterocycles. The Labute approximate surface area is 100 Å². The van der Waals surface area contributed by atoms with Crippen LogP contribution in [0.2, 0.25) is 0 Å². The van der Waals surface area contributed by atoms with Crippen molar-refractivity contribution in [1.29, 1.82) is 0 Å².